The highest BCUT2D eigenvalue weighted by atomic mass is 16.5. The Morgan fingerprint density at radius 3 is 1.55 bits per heavy atom. The normalized spacial score (nSPS) is 12.7. The zero-order valence-electron chi connectivity index (χ0n) is 31.3. The van der Waals surface area contributed by atoms with Crippen LogP contribution in [0.1, 0.15) is 27.8 Å². The first-order valence-electron chi connectivity index (χ1n) is 19.4. The third-order valence-corrected chi connectivity index (χ3v) is 11.6. The highest BCUT2D eigenvalue weighted by Crippen LogP contribution is 2.62. The van der Waals surface area contributed by atoms with Gasteiger partial charge in [-0.1, -0.05) is 146 Å². The molecule has 0 bridgehead atoms. The SMILES string of the molecule is N#Cc1cccc(-c2ccc3c(c2)C2(c4cc(-c5nc(-c6ccccc6)cc(-c6cccc(-c7ccccc7)c6)n5)ccc4O3)c3ccccc3-c3ccccc32)c1. The Bertz CT molecular complexity index is 3060. The first kappa shape index (κ1) is 33.5. The number of nitrogens with zero attached hydrogens (tertiary/aromatic N) is 3. The minimum absolute atomic E-state index is 0.622. The molecule has 9 aromatic rings. The molecule has 2 aliphatic rings. The highest BCUT2D eigenvalue weighted by molar-refractivity contribution is 5.90. The molecule has 1 aliphatic carbocycles. The van der Waals surface area contributed by atoms with Gasteiger partial charge in [0.05, 0.1) is 28.4 Å². The van der Waals surface area contributed by atoms with Gasteiger partial charge in [0.1, 0.15) is 11.5 Å². The van der Waals surface area contributed by atoms with E-state index in [2.05, 4.69) is 164 Å². The first-order valence-corrected chi connectivity index (χ1v) is 19.4. The maximum atomic E-state index is 9.76. The summed E-state index contributed by atoms with van der Waals surface area (Å²) in [5, 5.41) is 9.76. The second kappa shape index (κ2) is 13.4. The predicted molar refractivity (Wildman–Crippen MR) is 231 cm³/mol. The van der Waals surface area contributed by atoms with E-state index in [4.69, 9.17) is 14.7 Å². The maximum absolute atomic E-state index is 9.76. The molecule has 1 aromatic heterocycles. The predicted octanol–water partition coefficient (Wildman–Crippen LogP) is 13.2. The van der Waals surface area contributed by atoms with Crippen molar-refractivity contribution >= 4 is 0 Å². The summed E-state index contributed by atoms with van der Waals surface area (Å²) in [4.78, 5) is 10.6. The van der Waals surface area contributed by atoms with Crippen molar-refractivity contribution in [3.63, 3.8) is 0 Å². The van der Waals surface area contributed by atoms with Gasteiger partial charge in [-0.05, 0) is 99.1 Å². The Labute approximate surface area is 337 Å². The number of nitriles is 1. The molecule has 4 heteroatoms. The van der Waals surface area contributed by atoms with Gasteiger partial charge in [-0.3, -0.25) is 0 Å². The largest absolute Gasteiger partial charge is 0.457 e. The number of aromatic nitrogens is 2. The minimum Gasteiger partial charge on any atom is -0.457 e. The number of fused-ring (bicyclic) bond motifs is 9. The smallest absolute Gasteiger partial charge is 0.160 e. The van der Waals surface area contributed by atoms with E-state index in [1.807, 2.05) is 42.5 Å². The summed E-state index contributed by atoms with van der Waals surface area (Å²) in [5.74, 6) is 2.22. The molecule has 0 amide bonds. The van der Waals surface area contributed by atoms with Crippen LogP contribution in [0.25, 0.3) is 67.3 Å². The van der Waals surface area contributed by atoms with Crippen molar-refractivity contribution in [1.29, 1.82) is 5.26 Å². The number of hydrogen-bond acceptors (Lipinski definition) is 4. The van der Waals surface area contributed by atoms with Gasteiger partial charge in [-0.15, -0.1) is 0 Å². The lowest BCUT2D eigenvalue weighted by atomic mass is 9.65. The summed E-state index contributed by atoms with van der Waals surface area (Å²) >= 11 is 0. The third kappa shape index (κ3) is 5.29. The molecule has 8 aromatic carbocycles. The fraction of sp³-hybridized carbons (Fsp3) is 0.0185. The average molecular weight is 740 g/mol. The van der Waals surface area contributed by atoms with Gasteiger partial charge in [0, 0.05) is 27.8 Å². The van der Waals surface area contributed by atoms with Crippen LogP contribution >= 0.6 is 0 Å². The van der Waals surface area contributed by atoms with Crippen LogP contribution in [-0.4, -0.2) is 9.97 Å². The molecule has 0 saturated carbocycles. The van der Waals surface area contributed by atoms with Crippen LogP contribution in [0.5, 0.6) is 11.5 Å². The molecular formula is C54H33N3O. The molecular weight excluding hydrogens is 707 g/mol. The van der Waals surface area contributed by atoms with Gasteiger partial charge in [0.15, 0.2) is 5.82 Å². The van der Waals surface area contributed by atoms with Crippen LogP contribution in [0.3, 0.4) is 0 Å². The molecule has 0 radical (unpaired) electrons. The van der Waals surface area contributed by atoms with Crippen LogP contribution < -0.4 is 4.74 Å². The van der Waals surface area contributed by atoms with E-state index >= 15 is 0 Å². The van der Waals surface area contributed by atoms with E-state index in [0.717, 1.165) is 73.0 Å². The van der Waals surface area contributed by atoms with Gasteiger partial charge in [-0.2, -0.15) is 5.26 Å². The monoisotopic (exact) mass is 739 g/mol. The maximum Gasteiger partial charge on any atom is 0.160 e. The summed E-state index contributed by atoms with van der Waals surface area (Å²) in [6, 6.07) is 71.8. The summed E-state index contributed by atoms with van der Waals surface area (Å²) in [7, 11) is 0. The van der Waals surface area contributed by atoms with Crippen molar-refractivity contribution in [3.05, 3.63) is 228 Å². The number of rotatable bonds is 5. The topological polar surface area (TPSA) is 58.8 Å². The Hall–Kier alpha value is -7.87. The van der Waals surface area contributed by atoms with Crippen LogP contribution in [0.2, 0.25) is 0 Å². The molecule has 1 spiro atoms. The van der Waals surface area contributed by atoms with Gasteiger partial charge in [0.2, 0.25) is 0 Å². The first-order chi connectivity index (χ1) is 28.7. The Balaban J connectivity index is 1.15. The van der Waals surface area contributed by atoms with Crippen molar-refractivity contribution in [2.24, 2.45) is 0 Å². The van der Waals surface area contributed by atoms with Crippen molar-refractivity contribution in [2.75, 3.05) is 0 Å². The second-order valence-electron chi connectivity index (χ2n) is 14.8. The van der Waals surface area contributed by atoms with Gasteiger partial charge in [0.25, 0.3) is 0 Å². The molecule has 0 fully saturated rings. The molecule has 0 atom stereocenters. The standard InChI is InChI=1S/C54H33N3O/c55-34-35-13-11-18-38(29-35)40-25-27-51-47(31-40)54(45-23-9-7-21-43(45)44-22-8-10-24-46(44)54)48-32-42(26-28-52(48)58-51)53-56-49(37-16-5-2-6-17-37)33-50(57-53)41-20-12-19-39(30-41)36-14-3-1-4-15-36/h1-33H. The van der Waals surface area contributed by atoms with Crippen molar-refractivity contribution in [3.8, 4) is 84.9 Å². The van der Waals surface area contributed by atoms with E-state index in [9.17, 15) is 5.26 Å². The quantitative estimate of drug-likeness (QED) is 0.176. The molecule has 270 valence electrons. The fourth-order valence-corrected chi connectivity index (χ4v) is 8.96. The number of hydrogen-bond donors (Lipinski definition) is 0. The lowest BCUT2D eigenvalue weighted by Crippen LogP contribution is -2.32. The molecule has 0 N–H and O–H groups in total. The molecule has 0 saturated heterocycles. The van der Waals surface area contributed by atoms with E-state index in [-0.39, 0.29) is 0 Å². The van der Waals surface area contributed by atoms with E-state index in [0.29, 0.717) is 11.4 Å². The zero-order valence-corrected chi connectivity index (χ0v) is 31.3. The van der Waals surface area contributed by atoms with Crippen molar-refractivity contribution < 1.29 is 4.74 Å². The highest BCUT2D eigenvalue weighted by Gasteiger charge is 2.51. The van der Waals surface area contributed by atoms with E-state index < -0.39 is 5.41 Å². The lowest BCUT2D eigenvalue weighted by molar-refractivity contribution is 0.436. The van der Waals surface area contributed by atoms with Crippen LogP contribution in [0.4, 0.5) is 0 Å². The van der Waals surface area contributed by atoms with Crippen LogP contribution in [-0.2, 0) is 5.41 Å². The summed E-state index contributed by atoms with van der Waals surface area (Å²) < 4.78 is 6.87. The van der Waals surface area contributed by atoms with Crippen molar-refractivity contribution in [2.45, 2.75) is 5.41 Å². The zero-order chi connectivity index (χ0) is 38.6. The summed E-state index contributed by atoms with van der Waals surface area (Å²) in [6.45, 7) is 0. The van der Waals surface area contributed by atoms with Gasteiger partial charge < -0.3 is 4.74 Å². The Morgan fingerprint density at radius 1 is 0.379 bits per heavy atom. The molecule has 1 aliphatic heterocycles. The average Bonchev–Trinajstić information content (AvgIpc) is 3.60. The summed E-state index contributed by atoms with van der Waals surface area (Å²) in [5.41, 5.74) is 15.7. The Morgan fingerprint density at radius 2 is 0.879 bits per heavy atom. The Kier molecular flexibility index (Phi) is 7.74. The second-order valence-corrected chi connectivity index (χ2v) is 14.8. The molecule has 11 rings (SSSR count). The molecule has 2 heterocycles. The van der Waals surface area contributed by atoms with Crippen LogP contribution in [0.15, 0.2) is 200 Å². The van der Waals surface area contributed by atoms with Gasteiger partial charge >= 0.3 is 0 Å². The molecule has 0 unspecified atom stereocenters. The third-order valence-electron chi connectivity index (χ3n) is 11.6. The van der Waals surface area contributed by atoms with Crippen molar-refractivity contribution in [1.82, 2.24) is 9.97 Å². The lowest BCUT2D eigenvalue weighted by Gasteiger charge is -2.40. The molecule has 4 nitrogen and oxygen atoms in total. The van der Waals surface area contributed by atoms with E-state index in [1.54, 1.807) is 0 Å². The van der Waals surface area contributed by atoms with E-state index in [1.165, 1.54) is 22.3 Å². The summed E-state index contributed by atoms with van der Waals surface area (Å²) in [6.07, 6.45) is 0. The number of benzene rings is 8. The van der Waals surface area contributed by atoms with Gasteiger partial charge in [-0.25, -0.2) is 9.97 Å². The molecule has 58 heavy (non-hydrogen) atoms. The minimum atomic E-state index is -0.709. The number of ether oxygens (including phenoxy) is 1. The van der Waals surface area contributed by atoms with Crippen LogP contribution in [0, 0.1) is 11.3 Å². The fourth-order valence-electron chi connectivity index (χ4n) is 8.96.